The summed E-state index contributed by atoms with van der Waals surface area (Å²) < 4.78 is 28.4. The van der Waals surface area contributed by atoms with Crippen LogP contribution in [0.3, 0.4) is 0 Å². The molecule has 10 heteroatoms. The molecule has 1 saturated carbocycles. The number of nitrogens with zero attached hydrogens (tertiary/aromatic N) is 2. The first-order valence-corrected chi connectivity index (χ1v) is 11.2. The van der Waals surface area contributed by atoms with Crippen molar-refractivity contribution in [3.05, 3.63) is 53.8 Å². The molecule has 9 nitrogen and oxygen atoms in total. The molecular formula is C19H20N4O5S. The van der Waals surface area contributed by atoms with Gasteiger partial charge in [0.1, 0.15) is 0 Å². The van der Waals surface area contributed by atoms with Crippen molar-refractivity contribution >= 4 is 21.4 Å². The molecule has 1 atom stereocenters. The van der Waals surface area contributed by atoms with Gasteiger partial charge in [-0.1, -0.05) is 30.3 Å². The number of carbonyl (C=O) groups is 1. The lowest BCUT2D eigenvalue weighted by molar-refractivity contribution is -0.153. The molecule has 1 aromatic heterocycles. The zero-order valence-corrected chi connectivity index (χ0v) is 16.3. The van der Waals surface area contributed by atoms with Gasteiger partial charge in [-0.2, -0.15) is 0 Å². The van der Waals surface area contributed by atoms with E-state index in [1.165, 1.54) is 0 Å². The van der Waals surface area contributed by atoms with Crippen molar-refractivity contribution in [3.8, 4) is 0 Å². The summed E-state index contributed by atoms with van der Waals surface area (Å²) in [6.45, 7) is 0. The van der Waals surface area contributed by atoms with Crippen molar-refractivity contribution in [2.24, 2.45) is 11.7 Å². The standard InChI is InChI=1S/C19H20N4O5S/c20-18(24)19(8-15(23-28-19)11-4-2-1-3-5-11)14-6-12(7-14)16-21-22-17(27-16)13-9-29(25,26)10-13/h1-5,8,12-14,23H,6-7,9-10H2,(H2,20,24). The lowest BCUT2D eigenvalue weighted by Gasteiger charge is -2.41. The summed E-state index contributed by atoms with van der Waals surface area (Å²) in [5.41, 5.74) is 8.93. The number of amides is 1. The first kappa shape index (κ1) is 18.3. The number of aromatic nitrogens is 2. The van der Waals surface area contributed by atoms with Gasteiger partial charge in [-0.15, -0.1) is 10.2 Å². The molecule has 3 heterocycles. The highest BCUT2D eigenvalue weighted by Crippen LogP contribution is 2.50. The monoisotopic (exact) mass is 416 g/mol. The third kappa shape index (κ3) is 3.03. The molecule has 5 rings (SSSR count). The van der Waals surface area contributed by atoms with Crippen LogP contribution in [-0.4, -0.2) is 41.6 Å². The summed E-state index contributed by atoms with van der Waals surface area (Å²) in [4.78, 5) is 18.0. The summed E-state index contributed by atoms with van der Waals surface area (Å²) >= 11 is 0. The van der Waals surface area contributed by atoms with Gasteiger partial charge in [0.05, 0.1) is 23.1 Å². The molecule has 3 aliphatic rings. The van der Waals surface area contributed by atoms with E-state index < -0.39 is 21.3 Å². The zero-order chi connectivity index (χ0) is 20.2. The van der Waals surface area contributed by atoms with E-state index >= 15 is 0 Å². The Bertz CT molecular complexity index is 1080. The minimum atomic E-state index is -2.96. The van der Waals surface area contributed by atoms with Gasteiger partial charge in [-0.25, -0.2) is 8.42 Å². The lowest BCUT2D eigenvalue weighted by Crippen LogP contribution is -2.53. The second-order valence-electron chi connectivity index (χ2n) is 7.90. The Morgan fingerprint density at radius 3 is 2.38 bits per heavy atom. The fourth-order valence-electron chi connectivity index (χ4n) is 4.15. The van der Waals surface area contributed by atoms with E-state index in [0.29, 0.717) is 30.3 Å². The van der Waals surface area contributed by atoms with Crippen LogP contribution in [0.1, 0.15) is 42.0 Å². The second-order valence-corrected chi connectivity index (χ2v) is 10.1. The summed E-state index contributed by atoms with van der Waals surface area (Å²) in [6.07, 6.45) is 2.96. The van der Waals surface area contributed by atoms with Gasteiger partial charge in [0.2, 0.25) is 11.8 Å². The van der Waals surface area contributed by atoms with Crippen molar-refractivity contribution in [1.82, 2.24) is 15.7 Å². The van der Waals surface area contributed by atoms with Gasteiger partial charge in [0.15, 0.2) is 15.4 Å². The Balaban J connectivity index is 1.30. The number of sulfone groups is 1. The molecule has 1 amide bonds. The third-order valence-electron chi connectivity index (χ3n) is 5.97. The van der Waals surface area contributed by atoms with E-state index in [2.05, 4.69) is 15.7 Å². The first-order valence-electron chi connectivity index (χ1n) is 9.42. The largest absolute Gasteiger partial charge is 0.425 e. The van der Waals surface area contributed by atoms with Crippen LogP contribution in [0.4, 0.5) is 0 Å². The normalized spacial score (nSPS) is 30.7. The van der Waals surface area contributed by atoms with Crippen molar-refractivity contribution < 1.29 is 22.5 Å². The van der Waals surface area contributed by atoms with E-state index in [1.54, 1.807) is 6.08 Å². The van der Waals surface area contributed by atoms with Crippen LogP contribution in [0.25, 0.3) is 5.70 Å². The number of hydroxylamine groups is 1. The predicted molar refractivity (Wildman–Crippen MR) is 102 cm³/mol. The summed E-state index contributed by atoms with van der Waals surface area (Å²) in [6, 6.07) is 9.56. The average molecular weight is 416 g/mol. The number of carbonyl (C=O) groups excluding carboxylic acids is 1. The van der Waals surface area contributed by atoms with Gasteiger partial charge >= 0.3 is 0 Å². The Kier molecular flexibility index (Phi) is 4.04. The fourth-order valence-corrected chi connectivity index (χ4v) is 5.56. The van der Waals surface area contributed by atoms with Crippen molar-refractivity contribution in [1.29, 1.82) is 0 Å². The molecule has 1 saturated heterocycles. The van der Waals surface area contributed by atoms with E-state index in [1.807, 2.05) is 30.3 Å². The van der Waals surface area contributed by atoms with Crippen LogP contribution in [0.5, 0.6) is 0 Å². The summed E-state index contributed by atoms with van der Waals surface area (Å²) in [5, 5.41) is 8.09. The van der Waals surface area contributed by atoms with Crippen LogP contribution in [0, 0.1) is 5.92 Å². The van der Waals surface area contributed by atoms with Crippen LogP contribution in [-0.2, 0) is 19.5 Å². The predicted octanol–water partition coefficient (Wildman–Crippen LogP) is 0.875. The minimum Gasteiger partial charge on any atom is -0.425 e. The topological polar surface area (TPSA) is 137 Å². The Hall–Kier alpha value is -2.72. The molecule has 0 spiro atoms. The molecular weight excluding hydrogens is 396 g/mol. The summed E-state index contributed by atoms with van der Waals surface area (Å²) in [7, 11) is -2.96. The van der Waals surface area contributed by atoms with Gasteiger partial charge < -0.3 is 10.2 Å². The second kappa shape index (κ2) is 6.39. The van der Waals surface area contributed by atoms with E-state index in [0.717, 1.165) is 5.56 Å². The molecule has 0 radical (unpaired) electrons. The summed E-state index contributed by atoms with van der Waals surface area (Å²) in [5.74, 6) is 0.0490. The van der Waals surface area contributed by atoms with Crippen molar-refractivity contribution in [2.45, 2.75) is 30.3 Å². The van der Waals surface area contributed by atoms with E-state index in [-0.39, 0.29) is 29.3 Å². The molecule has 2 fully saturated rings. The molecule has 1 unspecified atom stereocenters. The van der Waals surface area contributed by atoms with Crippen LogP contribution >= 0.6 is 0 Å². The van der Waals surface area contributed by atoms with Crippen LogP contribution in [0.15, 0.2) is 40.8 Å². The number of nitrogens with two attached hydrogens (primary N) is 1. The number of nitrogens with one attached hydrogen (secondary N) is 1. The maximum Gasteiger partial charge on any atom is 0.256 e. The van der Waals surface area contributed by atoms with Crippen molar-refractivity contribution in [3.63, 3.8) is 0 Å². The lowest BCUT2D eigenvalue weighted by atomic mass is 9.65. The molecule has 0 bridgehead atoms. The zero-order valence-electron chi connectivity index (χ0n) is 15.4. The molecule has 152 valence electrons. The van der Waals surface area contributed by atoms with Crippen LogP contribution < -0.4 is 11.2 Å². The van der Waals surface area contributed by atoms with E-state index in [4.69, 9.17) is 15.0 Å². The number of hydrogen-bond donors (Lipinski definition) is 2. The first-order chi connectivity index (χ1) is 13.9. The highest BCUT2D eigenvalue weighted by atomic mass is 32.2. The fraction of sp³-hybridized carbons (Fsp3) is 0.421. The Morgan fingerprint density at radius 1 is 1.10 bits per heavy atom. The van der Waals surface area contributed by atoms with Crippen LogP contribution in [0.2, 0.25) is 0 Å². The number of primary amides is 1. The molecule has 3 N–H and O–H groups in total. The van der Waals surface area contributed by atoms with E-state index in [9.17, 15) is 13.2 Å². The maximum atomic E-state index is 12.3. The minimum absolute atomic E-state index is 0.00747. The third-order valence-corrected chi connectivity index (χ3v) is 7.79. The number of benzene rings is 1. The molecule has 29 heavy (non-hydrogen) atoms. The maximum absolute atomic E-state index is 12.3. The smallest absolute Gasteiger partial charge is 0.256 e. The molecule has 2 aromatic rings. The Labute approximate surface area is 167 Å². The molecule has 1 aliphatic carbocycles. The molecule has 1 aromatic carbocycles. The van der Waals surface area contributed by atoms with Gasteiger partial charge in [-0.3, -0.25) is 15.1 Å². The number of rotatable bonds is 5. The highest BCUT2D eigenvalue weighted by Gasteiger charge is 2.54. The number of hydrogen-bond acceptors (Lipinski definition) is 8. The SMILES string of the molecule is NC(=O)C1(C2CC(c3nnc(C4CS(=O)(=O)C4)o3)C2)C=C(c2ccccc2)NO1. The Morgan fingerprint density at radius 2 is 1.76 bits per heavy atom. The van der Waals surface area contributed by atoms with Gasteiger partial charge in [-0.05, 0) is 24.5 Å². The van der Waals surface area contributed by atoms with Gasteiger partial charge in [0.25, 0.3) is 5.91 Å². The average Bonchev–Trinajstić information content (AvgIpc) is 3.28. The quantitative estimate of drug-likeness (QED) is 0.733. The van der Waals surface area contributed by atoms with Crippen molar-refractivity contribution in [2.75, 3.05) is 11.5 Å². The van der Waals surface area contributed by atoms with Gasteiger partial charge in [0, 0.05) is 11.8 Å². The highest BCUT2D eigenvalue weighted by molar-refractivity contribution is 7.92. The molecule has 2 aliphatic heterocycles.